The molecule has 0 aliphatic heterocycles. The summed E-state index contributed by atoms with van der Waals surface area (Å²) in [4.78, 5) is 2.52. The van der Waals surface area contributed by atoms with E-state index in [-0.39, 0.29) is 6.04 Å². The molecular formula is C16H19NS. The predicted octanol–water partition coefficient (Wildman–Crippen LogP) is 4.56. The Balaban J connectivity index is 2.26. The van der Waals surface area contributed by atoms with Gasteiger partial charge in [0.2, 0.25) is 0 Å². The van der Waals surface area contributed by atoms with E-state index in [2.05, 4.69) is 62.4 Å². The highest BCUT2D eigenvalue weighted by Crippen LogP contribution is 2.33. The fourth-order valence-electron chi connectivity index (χ4n) is 1.83. The average molecular weight is 257 g/mol. The lowest BCUT2D eigenvalue weighted by atomic mass is 10.1. The monoisotopic (exact) mass is 257 g/mol. The van der Waals surface area contributed by atoms with Crippen LogP contribution in [0.3, 0.4) is 0 Å². The number of nitrogens with two attached hydrogens (primary N) is 1. The number of hydrogen-bond donors (Lipinski definition) is 1. The second-order valence-corrected chi connectivity index (χ2v) is 5.58. The number of aryl methyl sites for hydroxylation is 1. The zero-order valence-corrected chi connectivity index (χ0v) is 11.7. The summed E-state index contributed by atoms with van der Waals surface area (Å²) in [5.74, 6) is 0. The Kier molecular flexibility index (Phi) is 4.45. The molecule has 94 valence electrons. The quantitative estimate of drug-likeness (QED) is 0.869. The van der Waals surface area contributed by atoms with Crippen molar-refractivity contribution in [2.24, 2.45) is 5.73 Å². The molecule has 0 radical (unpaired) electrons. The minimum absolute atomic E-state index is 0.124. The first-order chi connectivity index (χ1) is 8.70. The van der Waals surface area contributed by atoms with Crippen molar-refractivity contribution >= 4 is 11.8 Å². The summed E-state index contributed by atoms with van der Waals surface area (Å²) < 4.78 is 0. The molecule has 1 atom stereocenters. The molecule has 0 aliphatic carbocycles. The second kappa shape index (κ2) is 6.07. The predicted molar refractivity (Wildman–Crippen MR) is 79.0 cm³/mol. The minimum Gasteiger partial charge on any atom is -0.324 e. The molecule has 2 aromatic rings. The molecule has 0 fully saturated rings. The first kappa shape index (κ1) is 13.2. The van der Waals surface area contributed by atoms with E-state index in [4.69, 9.17) is 5.73 Å². The third-order valence-electron chi connectivity index (χ3n) is 3.01. The van der Waals surface area contributed by atoms with Crippen molar-refractivity contribution in [3.63, 3.8) is 0 Å². The van der Waals surface area contributed by atoms with Gasteiger partial charge in [-0.15, -0.1) is 0 Å². The summed E-state index contributed by atoms with van der Waals surface area (Å²) in [5, 5.41) is 0. The summed E-state index contributed by atoms with van der Waals surface area (Å²) in [6.45, 7) is 4.23. The van der Waals surface area contributed by atoms with Crippen LogP contribution in [0.15, 0.2) is 58.3 Å². The van der Waals surface area contributed by atoms with E-state index in [0.717, 1.165) is 6.42 Å². The second-order valence-electron chi connectivity index (χ2n) is 4.47. The largest absolute Gasteiger partial charge is 0.324 e. The van der Waals surface area contributed by atoms with Crippen molar-refractivity contribution in [3.05, 3.63) is 59.7 Å². The molecule has 2 aromatic carbocycles. The molecule has 18 heavy (non-hydrogen) atoms. The average Bonchev–Trinajstić information content (AvgIpc) is 2.41. The van der Waals surface area contributed by atoms with Crippen molar-refractivity contribution in [2.75, 3.05) is 0 Å². The van der Waals surface area contributed by atoms with E-state index in [1.807, 2.05) is 0 Å². The molecule has 0 saturated carbocycles. The SMILES string of the molecule is CCC(N)c1ccccc1Sc1ccc(C)cc1. The highest BCUT2D eigenvalue weighted by molar-refractivity contribution is 7.99. The van der Waals surface area contributed by atoms with Crippen LogP contribution in [0.2, 0.25) is 0 Å². The lowest BCUT2D eigenvalue weighted by Crippen LogP contribution is -2.09. The third-order valence-corrected chi connectivity index (χ3v) is 4.11. The van der Waals surface area contributed by atoms with Crippen molar-refractivity contribution in [2.45, 2.75) is 36.1 Å². The van der Waals surface area contributed by atoms with Gasteiger partial charge < -0.3 is 5.73 Å². The molecule has 2 heteroatoms. The van der Waals surface area contributed by atoms with Gasteiger partial charge in [0.15, 0.2) is 0 Å². The van der Waals surface area contributed by atoms with Gasteiger partial charge in [0, 0.05) is 15.8 Å². The van der Waals surface area contributed by atoms with E-state index < -0.39 is 0 Å². The molecule has 0 saturated heterocycles. The molecule has 2 rings (SSSR count). The maximum Gasteiger partial charge on any atom is 0.0303 e. The summed E-state index contributed by atoms with van der Waals surface area (Å²) in [6, 6.07) is 17.1. The molecule has 1 unspecified atom stereocenters. The van der Waals surface area contributed by atoms with Gasteiger partial charge in [-0.25, -0.2) is 0 Å². The molecule has 2 N–H and O–H groups in total. The molecule has 0 heterocycles. The lowest BCUT2D eigenvalue weighted by molar-refractivity contribution is 0.685. The van der Waals surface area contributed by atoms with Crippen LogP contribution < -0.4 is 5.73 Å². The summed E-state index contributed by atoms with van der Waals surface area (Å²) in [6.07, 6.45) is 0.964. The number of benzene rings is 2. The van der Waals surface area contributed by atoms with E-state index in [1.54, 1.807) is 11.8 Å². The highest BCUT2D eigenvalue weighted by atomic mass is 32.2. The van der Waals surface area contributed by atoms with Crippen LogP contribution in [0.5, 0.6) is 0 Å². The normalized spacial score (nSPS) is 12.4. The van der Waals surface area contributed by atoms with Crippen molar-refractivity contribution < 1.29 is 0 Å². The van der Waals surface area contributed by atoms with Gasteiger partial charge in [-0.2, -0.15) is 0 Å². The zero-order chi connectivity index (χ0) is 13.0. The van der Waals surface area contributed by atoms with Gasteiger partial charge in [-0.05, 0) is 37.1 Å². The Morgan fingerprint density at radius 2 is 1.72 bits per heavy atom. The molecular weight excluding hydrogens is 238 g/mol. The van der Waals surface area contributed by atoms with Crippen LogP contribution in [-0.4, -0.2) is 0 Å². The smallest absolute Gasteiger partial charge is 0.0303 e. The van der Waals surface area contributed by atoms with Crippen molar-refractivity contribution in [3.8, 4) is 0 Å². The first-order valence-corrected chi connectivity index (χ1v) is 7.11. The molecule has 0 spiro atoms. The summed E-state index contributed by atoms with van der Waals surface area (Å²) >= 11 is 1.79. The molecule has 0 aliphatic rings. The molecule has 1 nitrogen and oxygen atoms in total. The lowest BCUT2D eigenvalue weighted by Gasteiger charge is -2.14. The first-order valence-electron chi connectivity index (χ1n) is 6.29. The number of rotatable bonds is 4. The van der Waals surface area contributed by atoms with Crippen LogP contribution in [0.1, 0.15) is 30.5 Å². The van der Waals surface area contributed by atoms with Crippen LogP contribution in [0, 0.1) is 6.92 Å². The van der Waals surface area contributed by atoms with Gasteiger partial charge in [-0.3, -0.25) is 0 Å². The van der Waals surface area contributed by atoms with Gasteiger partial charge in [0.1, 0.15) is 0 Å². The van der Waals surface area contributed by atoms with E-state index in [0.29, 0.717) is 0 Å². The van der Waals surface area contributed by atoms with Crippen LogP contribution >= 0.6 is 11.8 Å². The Labute approximate surface area is 113 Å². The Hall–Kier alpha value is -1.25. The zero-order valence-electron chi connectivity index (χ0n) is 10.9. The summed E-state index contributed by atoms with van der Waals surface area (Å²) in [5.41, 5.74) is 8.69. The highest BCUT2D eigenvalue weighted by Gasteiger charge is 2.09. The minimum atomic E-state index is 0.124. The fourth-order valence-corrected chi connectivity index (χ4v) is 2.84. The third kappa shape index (κ3) is 3.15. The fraction of sp³-hybridized carbons (Fsp3) is 0.250. The van der Waals surface area contributed by atoms with Crippen LogP contribution in [0.25, 0.3) is 0 Å². The maximum atomic E-state index is 6.16. The van der Waals surface area contributed by atoms with Crippen LogP contribution in [0.4, 0.5) is 0 Å². The molecule has 0 amide bonds. The van der Waals surface area contributed by atoms with Crippen molar-refractivity contribution in [1.29, 1.82) is 0 Å². The Bertz CT molecular complexity index is 505. The topological polar surface area (TPSA) is 26.0 Å². The van der Waals surface area contributed by atoms with Gasteiger partial charge in [0.25, 0.3) is 0 Å². The Morgan fingerprint density at radius 3 is 2.39 bits per heavy atom. The maximum absolute atomic E-state index is 6.16. The molecule has 0 aromatic heterocycles. The summed E-state index contributed by atoms with van der Waals surface area (Å²) in [7, 11) is 0. The van der Waals surface area contributed by atoms with E-state index in [9.17, 15) is 0 Å². The van der Waals surface area contributed by atoms with Gasteiger partial charge in [0.05, 0.1) is 0 Å². The van der Waals surface area contributed by atoms with Gasteiger partial charge in [-0.1, -0.05) is 54.6 Å². The standard InChI is InChI=1S/C16H19NS/c1-3-15(17)14-6-4-5-7-16(14)18-13-10-8-12(2)9-11-13/h4-11,15H,3,17H2,1-2H3. The van der Waals surface area contributed by atoms with Crippen LogP contribution in [-0.2, 0) is 0 Å². The van der Waals surface area contributed by atoms with Gasteiger partial charge >= 0.3 is 0 Å². The van der Waals surface area contributed by atoms with Crippen molar-refractivity contribution in [1.82, 2.24) is 0 Å². The van der Waals surface area contributed by atoms with E-state index in [1.165, 1.54) is 20.9 Å². The Morgan fingerprint density at radius 1 is 1.06 bits per heavy atom. The van der Waals surface area contributed by atoms with E-state index >= 15 is 0 Å². The number of hydrogen-bond acceptors (Lipinski definition) is 2. The molecule has 0 bridgehead atoms.